The predicted molar refractivity (Wildman–Crippen MR) is 113 cm³/mol. The van der Waals surface area contributed by atoms with Crippen LogP contribution in [0, 0.1) is 0 Å². The molecule has 0 unspecified atom stereocenters. The maximum atomic E-state index is 13.1. The van der Waals surface area contributed by atoms with Crippen LogP contribution in [0.1, 0.15) is 27.8 Å². The van der Waals surface area contributed by atoms with E-state index in [9.17, 15) is 9.59 Å². The van der Waals surface area contributed by atoms with Crippen molar-refractivity contribution in [3.63, 3.8) is 0 Å². The Labute approximate surface area is 173 Å². The summed E-state index contributed by atoms with van der Waals surface area (Å²) in [6.07, 6.45) is 0. The van der Waals surface area contributed by atoms with Gasteiger partial charge in [0, 0.05) is 18.8 Å². The minimum Gasteiger partial charge on any atom is -0.462 e. The molecule has 1 aromatic heterocycles. The van der Waals surface area contributed by atoms with E-state index in [1.165, 1.54) is 0 Å². The number of morpholine rings is 1. The Kier molecular flexibility index (Phi) is 5.85. The molecule has 0 atom stereocenters. The fourth-order valence-corrected chi connectivity index (χ4v) is 3.27. The van der Waals surface area contributed by atoms with Crippen molar-refractivity contribution in [3.8, 4) is 0 Å². The lowest BCUT2D eigenvalue weighted by molar-refractivity contribution is 0.0526. The summed E-state index contributed by atoms with van der Waals surface area (Å²) in [5.74, 6) is -0.306. The lowest BCUT2D eigenvalue weighted by Crippen LogP contribution is -2.38. The number of anilines is 2. The largest absolute Gasteiger partial charge is 0.462 e. The molecule has 1 amide bonds. The molecule has 1 aliphatic heterocycles. The minimum atomic E-state index is -0.437. The number of benzene rings is 2. The van der Waals surface area contributed by atoms with Crippen molar-refractivity contribution in [2.24, 2.45) is 0 Å². The minimum absolute atomic E-state index is 0.233. The topological polar surface area (TPSA) is 93.6 Å². The number of carbonyl (C=O) groups excluding carboxylic acids is 2. The Bertz CT molecular complexity index is 1080. The van der Waals surface area contributed by atoms with Gasteiger partial charge in [-0.25, -0.2) is 14.8 Å². The highest BCUT2D eigenvalue weighted by Crippen LogP contribution is 2.23. The van der Waals surface area contributed by atoms with E-state index in [-0.39, 0.29) is 12.3 Å². The Morgan fingerprint density at radius 3 is 2.53 bits per heavy atom. The fraction of sp³-hybridized carbons (Fsp3) is 0.273. The molecule has 1 saturated heterocycles. The van der Waals surface area contributed by atoms with Gasteiger partial charge in [-0.2, -0.15) is 0 Å². The molecule has 0 bridgehead atoms. The number of rotatable bonds is 5. The molecule has 0 radical (unpaired) electrons. The van der Waals surface area contributed by atoms with E-state index in [4.69, 9.17) is 14.5 Å². The first-order valence-electron chi connectivity index (χ1n) is 9.83. The number of carbonyl (C=O) groups is 2. The molecule has 1 fully saturated rings. The molecule has 0 spiro atoms. The molecular weight excluding hydrogens is 384 g/mol. The van der Waals surface area contributed by atoms with Crippen molar-refractivity contribution >= 4 is 34.4 Å². The normalized spacial score (nSPS) is 13.8. The standard InChI is InChI=1S/C22H22N4O4/c1-2-30-22(28)15-6-5-7-16(14-15)23-21(27)19-20(26-10-12-29-13-11-26)25-18-9-4-3-8-17(18)24-19/h3-9,14H,2,10-13H2,1H3,(H,23,27). The molecule has 0 aliphatic carbocycles. The number of nitrogens with zero attached hydrogens (tertiary/aromatic N) is 3. The second-order valence-corrected chi connectivity index (χ2v) is 6.74. The zero-order chi connectivity index (χ0) is 20.9. The van der Waals surface area contributed by atoms with Crippen LogP contribution in [-0.4, -0.2) is 54.8 Å². The molecule has 4 rings (SSSR count). The predicted octanol–water partition coefficient (Wildman–Crippen LogP) is 2.90. The van der Waals surface area contributed by atoms with Gasteiger partial charge < -0.3 is 19.7 Å². The first-order valence-corrected chi connectivity index (χ1v) is 9.83. The summed E-state index contributed by atoms with van der Waals surface area (Å²) in [4.78, 5) is 36.4. The number of para-hydroxylation sites is 2. The summed E-state index contributed by atoms with van der Waals surface area (Å²) in [6.45, 7) is 4.42. The summed E-state index contributed by atoms with van der Waals surface area (Å²) in [7, 11) is 0. The van der Waals surface area contributed by atoms with Crippen LogP contribution in [0.2, 0.25) is 0 Å². The summed E-state index contributed by atoms with van der Waals surface area (Å²) in [5.41, 5.74) is 2.44. The Hall–Kier alpha value is -3.52. The van der Waals surface area contributed by atoms with Crippen LogP contribution in [0.25, 0.3) is 11.0 Å². The van der Waals surface area contributed by atoms with Crippen molar-refractivity contribution in [3.05, 3.63) is 59.8 Å². The number of aromatic nitrogens is 2. The second-order valence-electron chi connectivity index (χ2n) is 6.74. The van der Waals surface area contributed by atoms with Crippen LogP contribution in [0.3, 0.4) is 0 Å². The lowest BCUT2D eigenvalue weighted by atomic mass is 10.2. The van der Waals surface area contributed by atoms with Gasteiger partial charge in [-0.05, 0) is 37.3 Å². The highest BCUT2D eigenvalue weighted by atomic mass is 16.5. The molecule has 2 aromatic carbocycles. The third-order valence-electron chi connectivity index (χ3n) is 4.71. The van der Waals surface area contributed by atoms with Gasteiger partial charge in [0.2, 0.25) is 0 Å². The van der Waals surface area contributed by atoms with Crippen molar-refractivity contribution < 1.29 is 19.1 Å². The first kappa shape index (κ1) is 19.8. The van der Waals surface area contributed by atoms with Crippen LogP contribution in [0.5, 0.6) is 0 Å². The van der Waals surface area contributed by atoms with Crippen LogP contribution in [0.15, 0.2) is 48.5 Å². The van der Waals surface area contributed by atoms with Crippen molar-refractivity contribution in [1.82, 2.24) is 9.97 Å². The Morgan fingerprint density at radius 1 is 1.07 bits per heavy atom. The molecular formula is C22H22N4O4. The van der Waals surface area contributed by atoms with Gasteiger partial charge in [-0.1, -0.05) is 18.2 Å². The molecule has 3 aromatic rings. The molecule has 154 valence electrons. The monoisotopic (exact) mass is 406 g/mol. The van der Waals surface area contributed by atoms with Crippen LogP contribution in [-0.2, 0) is 9.47 Å². The molecule has 1 aliphatic rings. The summed E-state index contributed by atoms with van der Waals surface area (Å²) >= 11 is 0. The molecule has 30 heavy (non-hydrogen) atoms. The number of hydrogen-bond acceptors (Lipinski definition) is 7. The molecule has 0 saturated carbocycles. The average Bonchev–Trinajstić information content (AvgIpc) is 2.79. The SMILES string of the molecule is CCOC(=O)c1cccc(NC(=O)c2nc3ccccc3nc2N2CCOCC2)c1. The van der Waals surface area contributed by atoms with Crippen LogP contribution >= 0.6 is 0 Å². The van der Waals surface area contributed by atoms with Crippen LogP contribution < -0.4 is 10.2 Å². The van der Waals surface area contributed by atoms with Crippen molar-refractivity contribution in [2.45, 2.75) is 6.92 Å². The van der Waals surface area contributed by atoms with Gasteiger partial charge in [-0.15, -0.1) is 0 Å². The molecule has 8 nitrogen and oxygen atoms in total. The number of amides is 1. The van der Waals surface area contributed by atoms with E-state index < -0.39 is 11.9 Å². The van der Waals surface area contributed by atoms with Gasteiger partial charge >= 0.3 is 5.97 Å². The molecule has 8 heteroatoms. The van der Waals surface area contributed by atoms with Gasteiger partial charge in [-0.3, -0.25) is 4.79 Å². The highest BCUT2D eigenvalue weighted by molar-refractivity contribution is 6.07. The van der Waals surface area contributed by atoms with E-state index in [0.29, 0.717) is 48.9 Å². The summed E-state index contributed by atoms with van der Waals surface area (Å²) in [5, 5.41) is 2.83. The first-order chi connectivity index (χ1) is 14.7. The zero-order valence-electron chi connectivity index (χ0n) is 16.6. The van der Waals surface area contributed by atoms with Gasteiger partial charge in [0.1, 0.15) is 0 Å². The summed E-state index contributed by atoms with van der Waals surface area (Å²) < 4.78 is 10.5. The quantitative estimate of drug-likeness (QED) is 0.651. The van der Waals surface area contributed by atoms with Crippen molar-refractivity contribution in [2.75, 3.05) is 43.1 Å². The average molecular weight is 406 g/mol. The number of ether oxygens (including phenoxy) is 2. The zero-order valence-corrected chi connectivity index (χ0v) is 16.6. The smallest absolute Gasteiger partial charge is 0.338 e. The van der Waals surface area contributed by atoms with E-state index in [1.807, 2.05) is 29.2 Å². The second kappa shape index (κ2) is 8.87. The Morgan fingerprint density at radius 2 is 1.80 bits per heavy atom. The Balaban J connectivity index is 1.67. The third kappa shape index (κ3) is 4.23. The molecule has 1 N–H and O–H groups in total. The fourth-order valence-electron chi connectivity index (χ4n) is 3.27. The maximum Gasteiger partial charge on any atom is 0.338 e. The van der Waals surface area contributed by atoms with Gasteiger partial charge in [0.25, 0.3) is 5.91 Å². The highest BCUT2D eigenvalue weighted by Gasteiger charge is 2.23. The number of hydrogen-bond donors (Lipinski definition) is 1. The van der Waals surface area contributed by atoms with Gasteiger partial charge in [0.05, 0.1) is 36.4 Å². The van der Waals surface area contributed by atoms with E-state index in [0.717, 1.165) is 5.52 Å². The van der Waals surface area contributed by atoms with E-state index in [1.54, 1.807) is 31.2 Å². The third-order valence-corrected chi connectivity index (χ3v) is 4.71. The molecule has 2 heterocycles. The van der Waals surface area contributed by atoms with Crippen molar-refractivity contribution in [1.29, 1.82) is 0 Å². The number of fused-ring (bicyclic) bond motifs is 1. The maximum absolute atomic E-state index is 13.1. The lowest BCUT2D eigenvalue weighted by Gasteiger charge is -2.29. The van der Waals surface area contributed by atoms with Crippen LogP contribution in [0.4, 0.5) is 11.5 Å². The summed E-state index contributed by atoms with van der Waals surface area (Å²) in [6, 6.07) is 14.1. The van der Waals surface area contributed by atoms with E-state index in [2.05, 4.69) is 10.3 Å². The van der Waals surface area contributed by atoms with Gasteiger partial charge in [0.15, 0.2) is 11.5 Å². The number of nitrogens with one attached hydrogen (secondary N) is 1. The van der Waals surface area contributed by atoms with E-state index >= 15 is 0 Å². The number of esters is 1.